The van der Waals surface area contributed by atoms with Gasteiger partial charge in [0.1, 0.15) is 0 Å². The van der Waals surface area contributed by atoms with Gasteiger partial charge in [0.05, 0.1) is 0 Å². The van der Waals surface area contributed by atoms with Crippen molar-refractivity contribution in [3.8, 4) is 0 Å². The molecule has 0 heterocycles. The molecule has 0 aliphatic rings. The quantitative estimate of drug-likeness (QED) is 0.162. The monoisotopic (exact) mass is 326 g/mol. The summed E-state index contributed by atoms with van der Waals surface area (Å²) in [6, 6.07) is 0. The lowest BCUT2D eigenvalue weighted by molar-refractivity contribution is -0.175. The average Bonchev–Trinajstić information content (AvgIpc) is 2.58. The molecule has 0 aliphatic carbocycles. The highest BCUT2D eigenvalue weighted by Crippen LogP contribution is 2.23. The maximum absolute atomic E-state index is 5.64. The number of hydrogen-bond acceptors (Lipinski definition) is 2. The summed E-state index contributed by atoms with van der Waals surface area (Å²) in [6.45, 7) is 4.50. The number of allylic oxidation sites excluding steroid dienone is 1. The predicted molar refractivity (Wildman–Crippen MR) is 102 cm³/mol. The molecule has 0 saturated heterocycles. The summed E-state index contributed by atoms with van der Waals surface area (Å²) >= 11 is 0. The molecule has 2 heteroatoms. The molecular formula is C21H42O2. The van der Waals surface area contributed by atoms with Crippen molar-refractivity contribution in [3.05, 3.63) is 12.2 Å². The Morgan fingerprint density at radius 2 is 1.13 bits per heavy atom. The molecule has 0 aliphatic heterocycles. The van der Waals surface area contributed by atoms with E-state index >= 15 is 0 Å². The van der Waals surface area contributed by atoms with Crippen LogP contribution in [0.4, 0.5) is 0 Å². The number of unbranched alkanes of at least 4 members (excludes halogenated alkanes) is 11. The Morgan fingerprint density at radius 1 is 0.652 bits per heavy atom. The van der Waals surface area contributed by atoms with Crippen LogP contribution in [0.5, 0.6) is 0 Å². The Balaban J connectivity index is 3.73. The third kappa shape index (κ3) is 12.7. The van der Waals surface area contributed by atoms with Crippen molar-refractivity contribution >= 4 is 0 Å². The van der Waals surface area contributed by atoms with Crippen LogP contribution in [0.1, 0.15) is 104 Å². The lowest BCUT2D eigenvalue weighted by atomic mass is 10.0. The summed E-state index contributed by atoms with van der Waals surface area (Å²) < 4.78 is 11.3. The zero-order valence-corrected chi connectivity index (χ0v) is 16.4. The van der Waals surface area contributed by atoms with Crippen LogP contribution >= 0.6 is 0 Å². The van der Waals surface area contributed by atoms with Gasteiger partial charge in [0, 0.05) is 20.6 Å². The van der Waals surface area contributed by atoms with Gasteiger partial charge >= 0.3 is 0 Å². The van der Waals surface area contributed by atoms with E-state index in [0.29, 0.717) is 0 Å². The van der Waals surface area contributed by atoms with Crippen molar-refractivity contribution in [2.24, 2.45) is 0 Å². The van der Waals surface area contributed by atoms with Gasteiger partial charge in [0.15, 0.2) is 5.79 Å². The molecule has 138 valence electrons. The molecule has 0 aromatic heterocycles. The van der Waals surface area contributed by atoms with Crippen LogP contribution < -0.4 is 0 Å². The second kappa shape index (κ2) is 16.5. The molecule has 2 nitrogen and oxygen atoms in total. The first-order valence-electron chi connectivity index (χ1n) is 10.0. The number of methoxy groups -OCH3 is 2. The second-order valence-electron chi connectivity index (χ2n) is 6.70. The van der Waals surface area contributed by atoms with Gasteiger partial charge in [0.2, 0.25) is 0 Å². The van der Waals surface area contributed by atoms with Crippen molar-refractivity contribution in [2.45, 2.75) is 110 Å². The standard InChI is InChI=1S/C21H42O2/c1-5-7-9-11-12-13-14-15-16-18-20-21(22-3,23-4)19-17-10-8-6-2/h17,19H,5-16,18,20H2,1-4H3. The molecule has 0 atom stereocenters. The van der Waals surface area contributed by atoms with E-state index in [4.69, 9.17) is 9.47 Å². The Bertz CT molecular complexity index is 257. The fraction of sp³-hybridized carbons (Fsp3) is 0.905. The third-order valence-electron chi connectivity index (χ3n) is 4.67. The first-order chi connectivity index (χ1) is 11.2. The molecule has 0 fully saturated rings. The van der Waals surface area contributed by atoms with Gasteiger partial charge in [0.25, 0.3) is 0 Å². The number of hydrogen-bond donors (Lipinski definition) is 0. The van der Waals surface area contributed by atoms with E-state index in [2.05, 4.69) is 26.0 Å². The van der Waals surface area contributed by atoms with Gasteiger partial charge < -0.3 is 9.47 Å². The van der Waals surface area contributed by atoms with Crippen LogP contribution in [-0.4, -0.2) is 20.0 Å². The molecule has 0 N–H and O–H groups in total. The highest BCUT2D eigenvalue weighted by molar-refractivity contribution is 4.96. The minimum Gasteiger partial charge on any atom is -0.350 e. The third-order valence-corrected chi connectivity index (χ3v) is 4.67. The summed E-state index contributed by atoms with van der Waals surface area (Å²) in [5.74, 6) is -0.506. The maximum atomic E-state index is 5.64. The molecule has 0 aromatic carbocycles. The summed E-state index contributed by atoms with van der Waals surface area (Å²) in [5, 5.41) is 0. The lowest BCUT2D eigenvalue weighted by Gasteiger charge is -2.27. The van der Waals surface area contributed by atoms with Crippen LogP contribution in [-0.2, 0) is 9.47 Å². The summed E-state index contributed by atoms with van der Waals surface area (Å²) in [6.07, 6.45) is 22.5. The zero-order valence-electron chi connectivity index (χ0n) is 16.4. The second-order valence-corrected chi connectivity index (χ2v) is 6.70. The summed E-state index contributed by atoms with van der Waals surface area (Å²) in [7, 11) is 3.51. The van der Waals surface area contributed by atoms with Crippen molar-refractivity contribution in [1.29, 1.82) is 0 Å². The SMILES string of the molecule is CCCCC=CC(CCCCCCCCCCCC)(OC)OC. The van der Waals surface area contributed by atoms with E-state index in [9.17, 15) is 0 Å². The van der Waals surface area contributed by atoms with E-state index in [1.165, 1.54) is 77.0 Å². The summed E-state index contributed by atoms with van der Waals surface area (Å²) in [5.41, 5.74) is 0. The number of rotatable bonds is 17. The number of ether oxygens (including phenoxy) is 2. The van der Waals surface area contributed by atoms with Crippen molar-refractivity contribution in [2.75, 3.05) is 14.2 Å². The molecule has 23 heavy (non-hydrogen) atoms. The van der Waals surface area contributed by atoms with E-state index in [1.54, 1.807) is 14.2 Å². The van der Waals surface area contributed by atoms with Crippen LogP contribution in [0, 0.1) is 0 Å². The molecule has 0 aromatic rings. The van der Waals surface area contributed by atoms with E-state index in [1.807, 2.05) is 0 Å². The van der Waals surface area contributed by atoms with Gasteiger partial charge in [-0.2, -0.15) is 0 Å². The largest absolute Gasteiger partial charge is 0.350 e. The first kappa shape index (κ1) is 22.7. The Kier molecular flexibility index (Phi) is 16.3. The molecule has 0 spiro atoms. The molecule has 0 radical (unpaired) electrons. The fourth-order valence-corrected chi connectivity index (χ4v) is 2.95. The highest BCUT2D eigenvalue weighted by atomic mass is 16.7. The van der Waals surface area contributed by atoms with Crippen molar-refractivity contribution in [1.82, 2.24) is 0 Å². The molecule has 0 saturated carbocycles. The Labute approximate surface area is 146 Å². The molecular weight excluding hydrogens is 284 g/mol. The van der Waals surface area contributed by atoms with E-state index in [0.717, 1.165) is 12.8 Å². The van der Waals surface area contributed by atoms with Gasteiger partial charge in [-0.1, -0.05) is 90.6 Å². The zero-order chi connectivity index (χ0) is 17.2. The fourth-order valence-electron chi connectivity index (χ4n) is 2.95. The lowest BCUT2D eigenvalue weighted by Crippen LogP contribution is -2.31. The van der Waals surface area contributed by atoms with E-state index in [-0.39, 0.29) is 0 Å². The Hall–Kier alpha value is -0.340. The van der Waals surface area contributed by atoms with Crippen molar-refractivity contribution < 1.29 is 9.47 Å². The minimum atomic E-state index is -0.506. The van der Waals surface area contributed by atoms with Gasteiger partial charge in [-0.05, 0) is 18.9 Å². The van der Waals surface area contributed by atoms with Gasteiger partial charge in [-0.15, -0.1) is 0 Å². The topological polar surface area (TPSA) is 18.5 Å². The normalized spacial score (nSPS) is 12.3. The minimum absolute atomic E-state index is 0.506. The highest BCUT2D eigenvalue weighted by Gasteiger charge is 2.24. The molecule has 0 bridgehead atoms. The molecule has 0 rings (SSSR count). The smallest absolute Gasteiger partial charge is 0.187 e. The molecule has 0 amide bonds. The maximum Gasteiger partial charge on any atom is 0.187 e. The predicted octanol–water partition coefficient (Wildman–Crippen LogP) is 7.03. The van der Waals surface area contributed by atoms with Crippen molar-refractivity contribution in [3.63, 3.8) is 0 Å². The average molecular weight is 327 g/mol. The van der Waals surface area contributed by atoms with Crippen LogP contribution in [0.3, 0.4) is 0 Å². The van der Waals surface area contributed by atoms with Gasteiger partial charge in [-0.3, -0.25) is 0 Å². The van der Waals surface area contributed by atoms with Crippen LogP contribution in [0.15, 0.2) is 12.2 Å². The van der Waals surface area contributed by atoms with Crippen LogP contribution in [0.25, 0.3) is 0 Å². The van der Waals surface area contributed by atoms with Gasteiger partial charge in [-0.25, -0.2) is 0 Å². The van der Waals surface area contributed by atoms with Crippen LogP contribution in [0.2, 0.25) is 0 Å². The Morgan fingerprint density at radius 3 is 1.61 bits per heavy atom. The van der Waals surface area contributed by atoms with E-state index < -0.39 is 5.79 Å². The summed E-state index contributed by atoms with van der Waals surface area (Å²) in [4.78, 5) is 0. The molecule has 0 unspecified atom stereocenters. The first-order valence-corrected chi connectivity index (χ1v) is 10.0.